The van der Waals surface area contributed by atoms with E-state index >= 15 is 0 Å². The number of rotatable bonds is 4. The molecule has 0 radical (unpaired) electrons. The predicted molar refractivity (Wildman–Crippen MR) is 74.0 cm³/mol. The third-order valence-corrected chi connectivity index (χ3v) is 3.47. The van der Waals surface area contributed by atoms with Crippen molar-refractivity contribution in [3.8, 4) is 5.75 Å². The first kappa shape index (κ1) is 13.7. The molecule has 0 atom stereocenters. The Morgan fingerprint density at radius 1 is 1.32 bits per heavy atom. The second-order valence-electron chi connectivity index (χ2n) is 4.81. The maximum absolute atomic E-state index is 10.7. The van der Waals surface area contributed by atoms with Gasteiger partial charge in [0.05, 0.1) is 13.7 Å². The van der Waals surface area contributed by atoms with Crippen molar-refractivity contribution in [3.05, 3.63) is 23.8 Å². The zero-order chi connectivity index (χ0) is 13.8. The standard InChI is InChI=1S/C14H20N2O3/c1-11-9-12(3-4-13(11)19-2)16-7-5-15(6-8-16)10-14(17)18/h3-4,9H,5-8,10H2,1-2H3,(H,17,18). The topological polar surface area (TPSA) is 53.0 Å². The van der Waals surface area contributed by atoms with Gasteiger partial charge in [0.15, 0.2) is 0 Å². The lowest BCUT2D eigenvalue weighted by Crippen LogP contribution is -2.48. The summed E-state index contributed by atoms with van der Waals surface area (Å²) in [4.78, 5) is 14.9. The van der Waals surface area contributed by atoms with E-state index < -0.39 is 5.97 Å². The number of carboxylic acid groups (broad SMARTS) is 1. The van der Waals surface area contributed by atoms with Crippen molar-refractivity contribution in [2.45, 2.75) is 6.92 Å². The molecule has 1 heterocycles. The van der Waals surface area contributed by atoms with Gasteiger partial charge in [0.1, 0.15) is 5.75 Å². The van der Waals surface area contributed by atoms with Crippen molar-refractivity contribution in [3.63, 3.8) is 0 Å². The van der Waals surface area contributed by atoms with Gasteiger partial charge >= 0.3 is 5.97 Å². The van der Waals surface area contributed by atoms with E-state index in [9.17, 15) is 4.79 Å². The molecule has 1 aliphatic rings. The molecule has 0 saturated carbocycles. The number of carboxylic acids is 1. The maximum atomic E-state index is 10.7. The largest absolute Gasteiger partial charge is 0.496 e. The van der Waals surface area contributed by atoms with Gasteiger partial charge in [-0.15, -0.1) is 0 Å². The number of nitrogens with zero attached hydrogens (tertiary/aromatic N) is 2. The number of aryl methyl sites for hydroxylation is 1. The number of piperazine rings is 1. The Bertz CT molecular complexity index is 454. The minimum Gasteiger partial charge on any atom is -0.496 e. The first-order chi connectivity index (χ1) is 9.10. The second kappa shape index (κ2) is 5.93. The fourth-order valence-corrected chi connectivity index (χ4v) is 2.41. The average Bonchev–Trinajstić information content (AvgIpc) is 2.39. The lowest BCUT2D eigenvalue weighted by molar-refractivity contribution is -0.138. The van der Waals surface area contributed by atoms with Crippen molar-refractivity contribution in [1.29, 1.82) is 0 Å². The molecule has 1 aliphatic heterocycles. The van der Waals surface area contributed by atoms with E-state index in [0.29, 0.717) is 0 Å². The highest BCUT2D eigenvalue weighted by molar-refractivity contribution is 5.69. The number of ether oxygens (including phenoxy) is 1. The van der Waals surface area contributed by atoms with Gasteiger partial charge in [-0.05, 0) is 30.7 Å². The normalized spacial score (nSPS) is 16.4. The Labute approximate surface area is 113 Å². The number of hydrogen-bond donors (Lipinski definition) is 1. The average molecular weight is 264 g/mol. The Morgan fingerprint density at radius 2 is 2.00 bits per heavy atom. The lowest BCUT2D eigenvalue weighted by atomic mass is 10.1. The van der Waals surface area contributed by atoms with Crippen LogP contribution in [0, 0.1) is 6.92 Å². The van der Waals surface area contributed by atoms with Crippen molar-refractivity contribution >= 4 is 11.7 Å². The molecule has 0 aromatic heterocycles. The van der Waals surface area contributed by atoms with E-state index in [0.717, 1.165) is 37.5 Å². The SMILES string of the molecule is COc1ccc(N2CCN(CC(=O)O)CC2)cc1C. The quantitative estimate of drug-likeness (QED) is 0.886. The van der Waals surface area contributed by atoms with Crippen molar-refractivity contribution < 1.29 is 14.6 Å². The molecule has 104 valence electrons. The first-order valence-electron chi connectivity index (χ1n) is 6.44. The minimum absolute atomic E-state index is 0.134. The summed E-state index contributed by atoms with van der Waals surface area (Å²) in [7, 11) is 1.67. The van der Waals surface area contributed by atoms with Crippen LogP contribution in [-0.2, 0) is 4.79 Å². The van der Waals surface area contributed by atoms with Crippen LogP contribution in [0.5, 0.6) is 5.75 Å². The van der Waals surface area contributed by atoms with Gasteiger partial charge in [-0.25, -0.2) is 0 Å². The molecular formula is C14H20N2O3. The first-order valence-corrected chi connectivity index (χ1v) is 6.44. The summed E-state index contributed by atoms with van der Waals surface area (Å²) in [5, 5.41) is 8.77. The molecule has 0 amide bonds. The summed E-state index contributed by atoms with van der Waals surface area (Å²) >= 11 is 0. The summed E-state index contributed by atoms with van der Waals surface area (Å²) in [5.41, 5.74) is 2.29. The van der Waals surface area contributed by atoms with Crippen LogP contribution in [0.4, 0.5) is 5.69 Å². The van der Waals surface area contributed by atoms with Crippen LogP contribution >= 0.6 is 0 Å². The summed E-state index contributed by atoms with van der Waals surface area (Å²) in [6.45, 7) is 5.46. The third kappa shape index (κ3) is 3.38. The Balaban J connectivity index is 1.97. The highest BCUT2D eigenvalue weighted by Gasteiger charge is 2.19. The second-order valence-corrected chi connectivity index (χ2v) is 4.81. The number of aliphatic carboxylic acids is 1. The maximum Gasteiger partial charge on any atom is 0.317 e. The molecule has 5 heteroatoms. The van der Waals surface area contributed by atoms with E-state index in [1.807, 2.05) is 17.9 Å². The number of anilines is 1. The molecule has 1 aromatic rings. The van der Waals surface area contributed by atoms with Gasteiger partial charge in [0.2, 0.25) is 0 Å². The number of methoxy groups -OCH3 is 1. The molecule has 0 bridgehead atoms. The van der Waals surface area contributed by atoms with Gasteiger partial charge < -0.3 is 14.7 Å². The smallest absolute Gasteiger partial charge is 0.317 e. The van der Waals surface area contributed by atoms with Crippen molar-refractivity contribution in [2.75, 3.05) is 44.7 Å². The van der Waals surface area contributed by atoms with E-state index in [-0.39, 0.29) is 6.54 Å². The van der Waals surface area contributed by atoms with E-state index in [2.05, 4.69) is 17.0 Å². The molecule has 1 saturated heterocycles. The number of carbonyl (C=O) groups is 1. The minimum atomic E-state index is -0.756. The monoisotopic (exact) mass is 264 g/mol. The van der Waals surface area contributed by atoms with Gasteiger partial charge in [-0.1, -0.05) is 0 Å². The van der Waals surface area contributed by atoms with Gasteiger partial charge in [0.25, 0.3) is 0 Å². The predicted octanol–water partition coefficient (Wildman–Crippen LogP) is 1.21. The van der Waals surface area contributed by atoms with Crippen molar-refractivity contribution in [1.82, 2.24) is 4.90 Å². The third-order valence-electron chi connectivity index (χ3n) is 3.47. The molecule has 1 N–H and O–H groups in total. The summed E-state index contributed by atoms with van der Waals surface area (Å²) in [6.07, 6.45) is 0. The van der Waals surface area contributed by atoms with Gasteiger partial charge in [-0.3, -0.25) is 9.69 Å². The van der Waals surface area contributed by atoms with Crippen LogP contribution in [0.15, 0.2) is 18.2 Å². The fraction of sp³-hybridized carbons (Fsp3) is 0.500. The van der Waals surface area contributed by atoms with Crippen LogP contribution in [-0.4, -0.2) is 55.8 Å². The molecule has 0 aliphatic carbocycles. The highest BCUT2D eigenvalue weighted by Crippen LogP contribution is 2.24. The highest BCUT2D eigenvalue weighted by atomic mass is 16.5. The summed E-state index contributed by atoms with van der Waals surface area (Å²) < 4.78 is 5.26. The molecule has 5 nitrogen and oxygen atoms in total. The zero-order valence-corrected chi connectivity index (χ0v) is 11.4. The molecule has 0 spiro atoms. The van der Waals surface area contributed by atoms with Crippen LogP contribution in [0.1, 0.15) is 5.56 Å². The Morgan fingerprint density at radius 3 is 2.53 bits per heavy atom. The van der Waals surface area contributed by atoms with Crippen LogP contribution < -0.4 is 9.64 Å². The van der Waals surface area contributed by atoms with Crippen LogP contribution in [0.3, 0.4) is 0 Å². The van der Waals surface area contributed by atoms with Gasteiger partial charge in [0, 0.05) is 31.9 Å². The van der Waals surface area contributed by atoms with E-state index in [1.165, 1.54) is 5.69 Å². The molecule has 19 heavy (non-hydrogen) atoms. The summed E-state index contributed by atoms with van der Waals surface area (Å²) in [6, 6.07) is 6.15. The van der Waals surface area contributed by atoms with Crippen molar-refractivity contribution in [2.24, 2.45) is 0 Å². The molecule has 1 aromatic carbocycles. The van der Waals surface area contributed by atoms with E-state index in [1.54, 1.807) is 7.11 Å². The Kier molecular flexibility index (Phi) is 4.27. The number of hydrogen-bond acceptors (Lipinski definition) is 4. The molecule has 1 fully saturated rings. The lowest BCUT2D eigenvalue weighted by Gasteiger charge is -2.35. The van der Waals surface area contributed by atoms with Crippen LogP contribution in [0.25, 0.3) is 0 Å². The molecule has 0 unspecified atom stereocenters. The van der Waals surface area contributed by atoms with Crippen LogP contribution in [0.2, 0.25) is 0 Å². The fourth-order valence-electron chi connectivity index (χ4n) is 2.41. The molecular weight excluding hydrogens is 244 g/mol. The molecule has 2 rings (SSSR count). The zero-order valence-electron chi connectivity index (χ0n) is 11.4. The summed E-state index contributed by atoms with van der Waals surface area (Å²) in [5.74, 6) is 0.141. The Hall–Kier alpha value is -1.75. The van der Waals surface area contributed by atoms with E-state index in [4.69, 9.17) is 9.84 Å². The van der Waals surface area contributed by atoms with Gasteiger partial charge in [-0.2, -0.15) is 0 Å². The number of benzene rings is 1.